The summed E-state index contributed by atoms with van der Waals surface area (Å²) in [5, 5.41) is 8.85. The molecule has 8 nitrogen and oxygen atoms in total. The van der Waals surface area contributed by atoms with Gasteiger partial charge in [0.05, 0.1) is 16.5 Å². The molecule has 150 valence electrons. The van der Waals surface area contributed by atoms with E-state index in [1.54, 1.807) is 9.80 Å². The molecule has 2 aliphatic heterocycles. The van der Waals surface area contributed by atoms with Crippen molar-refractivity contribution in [1.29, 1.82) is 5.26 Å². The van der Waals surface area contributed by atoms with E-state index in [1.165, 1.54) is 35.5 Å². The Morgan fingerprint density at radius 2 is 1.50 bits per heavy atom. The fraction of sp³-hybridized carbons (Fsp3) is 0.526. The molecule has 1 aromatic rings. The van der Waals surface area contributed by atoms with Crippen LogP contribution in [0.5, 0.6) is 0 Å². The summed E-state index contributed by atoms with van der Waals surface area (Å²) in [7, 11) is -3.62. The van der Waals surface area contributed by atoms with Crippen molar-refractivity contribution in [3.63, 3.8) is 0 Å². The SMILES string of the molecule is CC(=O)N1CCN(C(=O)C2CCN(S(=O)(=O)c3ccc(C#N)cc3)CC2)CC1. The number of carbonyl (C=O) groups is 2. The maximum absolute atomic E-state index is 12.8. The summed E-state index contributed by atoms with van der Waals surface area (Å²) >= 11 is 0. The number of hydrogen-bond acceptors (Lipinski definition) is 5. The number of carbonyl (C=O) groups excluding carboxylic acids is 2. The molecule has 28 heavy (non-hydrogen) atoms. The molecule has 0 unspecified atom stereocenters. The van der Waals surface area contributed by atoms with Crippen molar-refractivity contribution in [2.24, 2.45) is 5.92 Å². The Morgan fingerprint density at radius 1 is 0.964 bits per heavy atom. The van der Waals surface area contributed by atoms with E-state index in [-0.39, 0.29) is 22.6 Å². The first-order valence-electron chi connectivity index (χ1n) is 9.37. The Balaban J connectivity index is 1.57. The second-order valence-electron chi connectivity index (χ2n) is 7.15. The van der Waals surface area contributed by atoms with Gasteiger partial charge in [-0.15, -0.1) is 0 Å². The van der Waals surface area contributed by atoms with Crippen molar-refractivity contribution >= 4 is 21.8 Å². The molecular weight excluding hydrogens is 380 g/mol. The van der Waals surface area contributed by atoms with Crippen molar-refractivity contribution in [3.05, 3.63) is 29.8 Å². The van der Waals surface area contributed by atoms with E-state index in [1.807, 2.05) is 6.07 Å². The molecule has 2 fully saturated rings. The minimum Gasteiger partial charge on any atom is -0.339 e. The van der Waals surface area contributed by atoms with Crippen LogP contribution in [-0.2, 0) is 19.6 Å². The molecule has 2 amide bonds. The first-order valence-corrected chi connectivity index (χ1v) is 10.8. The minimum absolute atomic E-state index is 0.0217. The largest absolute Gasteiger partial charge is 0.339 e. The number of piperazine rings is 1. The number of rotatable bonds is 3. The predicted octanol–water partition coefficient (Wildman–Crippen LogP) is 0.650. The van der Waals surface area contributed by atoms with Crippen LogP contribution in [-0.4, -0.2) is 73.6 Å². The lowest BCUT2D eigenvalue weighted by Gasteiger charge is -2.38. The van der Waals surface area contributed by atoms with Crippen molar-refractivity contribution in [2.45, 2.75) is 24.7 Å². The number of hydrogen-bond donors (Lipinski definition) is 0. The smallest absolute Gasteiger partial charge is 0.243 e. The first-order chi connectivity index (χ1) is 13.3. The van der Waals surface area contributed by atoms with Gasteiger partial charge in [-0.2, -0.15) is 9.57 Å². The molecule has 3 rings (SSSR count). The third kappa shape index (κ3) is 4.18. The van der Waals surface area contributed by atoms with Crippen molar-refractivity contribution in [3.8, 4) is 6.07 Å². The summed E-state index contributed by atoms with van der Waals surface area (Å²) in [5.74, 6) is -0.108. The van der Waals surface area contributed by atoms with Crippen LogP contribution >= 0.6 is 0 Å². The third-order valence-corrected chi connectivity index (χ3v) is 7.37. The Hall–Kier alpha value is -2.44. The first kappa shape index (κ1) is 20.3. The average Bonchev–Trinajstić information content (AvgIpc) is 2.73. The molecule has 2 aliphatic rings. The quantitative estimate of drug-likeness (QED) is 0.736. The molecule has 1 aromatic carbocycles. The van der Waals surface area contributed by atoms with Crippen LogP contribution in [0.25, 0.3) is 0 Å². The fourth-order valence-electron chi connectivity index (χ4n) is 3.69. The van der Waals surface area contributed by atoms with E-state index in [0.717, 1.165) is 0 Å². The van der Waals surface area contributed by atoms with Gasteiger partial charge in [0.15, 0.2) is 0 Å². The van der Waals surface area contributed by atoms with Gasteiger partial charge in [-0.3, -0.25) is 9.59 Å². The van der Waals surface area contributed by atoms with E-state index < -0.39 is 10.0 Å². The van der Waals surface area contributed by atoms with Crippen LogP contribution in [0.3, 0.4) is 0 Å². The standard InChI is InChI=1S/C19H24N4O4S/c1-15(24)21-10-12-22(13-11-21)19(25)17-6-8-23(9-7-17)28(26,27)18-4-2-16(14-20)3-5-18/h2-5,17H,6-13H2,1H3. The second kappa shape index (κ2) is 8.29. The molecule has 0 aliphatic carbocycles. The number of sulfonamides is 1. The van der Waals surface area contributed by atoms with E-state index in [4.69, 9.17) is 5.26 Å². The lowest BCUT2D eigenvalue weighted by Crippen LogP contribution is -2.52. The van der Waals surface area contributed by atoms with Crippen LogP contribution in [0.15, 0.2) is 29.2 Å². The lowest BCUT2D eigenvalue weighted by atomic mass is 9.96. The molecule has 9 heteroatoms. The maximum Gasteiger partial charge on any atom is 0.243 e. The molecule has 2 heterocycles. The van der Waals surface area contributed by atoms with Gasteiger partial charge in [0.2, 0.25) is 21.8 Å². The summed E-state index contributed by atoms with van der Waals surface area (Å²) in [5.41, 5.74) is 0.410. The van der Waals surface area contributed by atoms with Gasteiger partial charge in [-0.1, -0.05) is 0 Å². The highest BCUT2D eigenvalue weighted by molar-refractivity contribution is 7.89. The Kier molecular flexibility index (Phi) is 6.01. The maximum atomic E-state index is 12.8. The summed E-state index contributed by atoms with van der Waals surface area (Å²) < 4.78 is 27.0. The van der Waals surface area contributed by atoms with Crippen molar-refractivity contribution in [1.82, 2.24) is 14.1 Å². The topological polar surface area (TPSA) is 102 Å². The molecule has 2 saturated heterocycles. The minimum atomic E-state index is -3.62. The molecule has 0 atom stereocenters. The highest BCUT2D eigenvalue weighted by atomic mass is 32.2. The van der Waals surface area contributed by atoms with Crippen LogP contribution in [0, 0.1) is 17.2 Å². The molecule has 0 bridgehead atoms. The number of nitrogens with zero attached hydrogens (tertiary/aromatic N) is 4. The summed E-state index contributed by atoms with van der Waals surface area (Å²) in [4.78, 5) is 27.8. The van der Waals surface area contributed by atoms with Gasteiger partial charge < -0.3 is 9.80 Å². The molecule has 0 saturated carbocycles. The predicted molar refractivity (Wildman–Crippen MR) is 101 cm³/mol. The Morgan fingerprint density at radius 3 is 2.00 bits per heavy atom. The number of amides is 2. The summed E-state index contributed by atoms with van der Waals surface area (Å²) in [6.45, 7) is 4.28. The van der Waals surface area contributed by atoms with E-state index in [9.17, 15) is 18.0 Å². The molecular formula is C19H24N4O4S. The zero-order valence-corrected chi connectivity index (χ0v) is 16.7. The van der Waals surface area contributed by atoms with Crippen LogP contribution in [0.2, 0.25) is 0 Å². The molecule has 0 radical (unpaired) electrons. The van der Waals surface area contributed by atoms with Crippen molar-refractivity contribution < 1.29 is 18.0 Å². The van der Waals surface area contributed by atoms with Gasteiger partial charge >= 0.3 is 0 Å². The highest BCUT2D eigenvalue weighted by Gasteiger charge is 2.34. The van der Waals surface area contributed by atoms with Gasteiger partial charge in [0, 0.05) is 52.1 Å². The molecule has 0 N–H and O–H groups in total. The van der Waals surface area contributed by atoms with Gasteiger partial charge in [-0.05, 0) is 37.1 Å². The summed E-state index contributed by atoms with van der Waals surface area (Å²) in [6, 6.07) is 7.84. The van der Waals surface area contributed by atoms with Crippen molar-refractivity contribution in [2.75, 3.05) is 39.3 Å². The monoisotopic (exact) mass is 404 g/mol. The summed E-state index contributed by atoms with van der Waals surface area (Å²) in [6.07, 6.45) is 0.975. The molecule has 0 spiro atoms. The number of nitriles is 1. The van der Waals surface area contributed by atoms with Crippen LogP contribution < -0.4 is 0 Å². The number of benzene rings is 1. The fourth-order valence-corrected chi connectivity index (χ4v) is 5.16. The van der Waals surface area contributed by atoms with Gasteiger partial charge in [0.1, 0.15) is 0 Å². The number of piperidine rings is 1. The van der Waals surface area contributed by atoms with Gasteiger partial charge in [-0.25, -0.2) is 8.42 Å². The average molecular weight is 404 g/mol. The third-order valence-electron chi connectivity index (χ3n) is 5.46. The lowest BCUT2D eigenvalue weighted by molar-refractivity contribution is -0.142. The van der Waals surface area contributed by atoms with E-state index in [0.29, 0.717) is 57.7 Å². The Labute approximate surface area is 165 Å². The molecule has 0 aromatic heterocycles. The Bertz CT molecular complexity index is 876. The second-order valence-corrected chi connectivity index (χ2v) is 9.08. The van der Waals surface area contributed by atoms with Crippen LogP contribution in [0.4, 0.5) is 0 Å². The van der Waals surface area contributed by atoms with Gasteiger partial charge in [0.25, 0.3) is 0 Å². The van der Waals surface area contributed by atoms with E-state index >= 15 is 0 Å². The zero-order chi connectivity index (χ0) is 20.3. The normalized spacial score (nSPS) is 19.3. The zero-order valence-electron chi connectivity index (χ0n) is 15.9. The highest BCUT2D eigenvalue weighted by Crippen LogP contribution is 2.25. The van der Waals surface area contributed by atoms with Crippen LogP contribution in [0.1, 0.15) is 25.3 Å². The van der Waals surface area contributed by atoms with E-state index in [2.05, 4.69) is 0 Å².